The fourth-order valence-corrected chi connectivity index (χ4v) is 1.99. The average molecular weight is 271 g/mol. The van der Waals surface area contributed by atoms with E-state index in [1.165, 1.54) is 0 Å². The maximum atomic E-state index is 11.5. The molecule has 0 saturated heterocycles. The molecule has 0 aliphatic rings. The second-order valence-corrected chi connectivity index (χ2v) is 4.92. The minimum Gasteiger partial charge on any atom is -0.481 e. The zero-order chi connectivity index (χ0) is 14.7. The van der Waals surface area contributed by atoms with E-state index in [-0.39, 0.29) is 5.82 Å². The van der Waals surface area contributed by atoms with Gasteiger partial charge in [0.2, 0.25) is 0 Å². The Balaban J connectivity index is 2.32. The topological polar surface area (TPSA) is 76.0 Å². The van der Waals surface area contributed by atoms with Crippen molar-refractivity contribution in [2.75, 3.05) is 0 Å². The number of nitrogens with zero attached hydrogens (tertiary/aromatic N) is 3. The van der Waals surface area contributed by atoms with Gasteiger partial charge in [-0.15, -0.1) is 5.10 Å². The Morgan fingerprint density at radius 1 is 1.20 bits per heavy atom. The molecule has 1 atom stereocenters. The number of benzene rings is 1. The summed E-state index contributed by atoms with van der Waals surface area (Å²) in [6.07, 6.45) is 0.362. The fourth-order valence-electron chi connectivity index (χ4n) is 1.99. The lowest BCUT2D eigenvalue weighted by molar-refractivity contribution is -0.139. The van der Waals surface area contributed by atoms with Crippen molar-refractivity contribution in [3.05, 3.63) is 52.6 Å². The van der Waals surface area contributed by atoms with Crippen LogP contribution < -0.4 is 0 Å². The number of hydrogen-bond acceptors (Lipinski definition) is 4. The quantitative estimate of drug-likeness (QED) is 0.922. The molecule has 1 heterocycles. The van der Waals surface area contributed by atoms with Crippen LogP contribution in [0.1, 0.15) is 34.3 Å². The van der Waals surface area contributed by atoms with Crippen LogP contribution in [-0.2, 0) is 11.2 Å². The van der Waals surface area contributed by atoms with Crippen LogP contribution in [0.3, 0.4) is 0 Å². The molecule has 20 heavy (non-hydrogen) atoms. The van der Waals surface area contributed by atoms with E-state index in [1.807, 2.05) is 31.2 Å². The van der Waals surface area contributed by atoms with Crippen LogP contribution in [0.5, 0.6) is 0 Å². The second kappa shape index (κ2) is 5.77. The molecular formula is C15H17N3O2. The van der Waals surface area contributed by atoms with Crippen LogP contribution in [-0.4, -0.2) is 26.3 Å². The van der Waals surface area contributed by atoms with Crippen LogP contribution in [0, 0.1) is 20.8 Å². The summed E-state index contributed by atoms with van der Waals surface area (Å²) >= 11 is 0. The van der Waals surface area contributed by atoms with Crippen molar-refractivity contribution in [3.63, 3.8) is 0 Å². The normalized spacial score (nSPS) is 12.2. The Bertz CT molecular complexity index is 641. The lowest BCUT2D eigenvalue weighted by Crippen LogP contribution is -2.19. The first-order chi connectivity index (χ1) is 9.47. The Morgan fingerprint density at radius 3 is 2.55 bits per heavy atom. The summed E-state index contributed by atoms with van der Waals surface area (Å²) in [5.74, 6) is -1.44. The highest BCUT2D eigenvalue weighted by Crippen LogP contribution is 2.19. The molecule has 0 aliphatic carbocycles. The molecule has 0 amide bonds. The number of carbonyl (C=O) groups is 1. The summed E-state index contributed by atoms with van der Waals surface area (Å²) < 4.78 is 0. The molecule has 1 N–H and O–H groups in total. The summed E-state index contributed by atoms with van der Waals surface area (Å²) in [6, 6.07) is 7.79. The predicted octanol–water partition coefficient (Wildman–Crippen LogP) is 2.21. The Kier molecular flexibility index (Phi) is 4.08. The minimum atomic E-state index is -0.934. The van der Waals surface area contributed by atoms with E-state index in [0.29, 0.717) is 17.8 Å². The Hall–Kier alpha value is -2.30. The Labute approximate surface area is 117 Å². The maximum Gasteiger partial charge on any atom is 0.314 e. The van der Waals surface area contributed by atoms with E-state index >= 15 is 0 Å². The lowest BCUT2D eigenvalue weighted by atomic mass is 9.97. The third kappa shape index (κ3) is 3.17. The molecule has 2 rings (SSSR count). The zero-order valence-corrected chi connectivity index (χ0v) is 11.8. The summed E-state index contributed by atoms with van der Waals surface area (Å²) in [7, 11) is 0. The molecule has 2 aromatic rings. The van der Waals surface area contributed by atoms with E-state index in [0.717, 1.165) is 11.1 Å². The monoisotopic (exact) mass is 271 g/mol. The first-order valence-corrected chi connectivity index (χ1v) is 6.43. The van der Waals surface area contributed by atoms with Crippen molar-refractivity contribution >= 4 is 5.97 Å². The number of aryl methyl sites for hydroxylation is 3. The molecule has 0 saturated carbocycles. The van der Waals surface area contributed by atoms with Gasteiger partial charge in [-0.1, -0.05) is 29.8 Å². The molecule has 0 bridgehead atoms. The highest BCUT2D eigenvalue weighted by Gasteiger charge is 2.24. The number of hydrogen-bond donors (Lipinski definition) is 1. The van der Waals surface area contributed by atoms with Gasteiger partial charge in [0.05, 0.1) is 11.4 Å². The smallest absolute Gasteiger partial charge is 0.314 e. The molecule has 104 valence electrons. The van der Waals surface area contributed by atoms with Gasteiger partial charge in [0.25, 0.3) is 0 Å². The summed E-state index contributed by atoms with van der Waals surface area (Å²) in [6.45, 7) is 5.59. The number of carboxylic acids is 1. The number of carboxylic acid groups (broad SMARTS) is 1. The fraction of sp³-hybridized carbons (Fsp3) is 0.333. The predicted molar refractivity (Wildman–Crippen MR) is 74.6 cm³/mol. The van der Waals surface area contributed by atoms with E-state index < -0.39 is 11.9 Å². The molecule has 0 aliphatic heterocycles. The highest BCUT2D eigenvalue weighted by atomic mass is 16.4. The summed E-state index contributed by atoms with van der Waals surface area (Å²) in [5.41, 5.74) is 3.49. The molecular weight excluding hydrogens is 254 g/mol. The first-order valence-electron chi connectivity index (χ1n) is 6.43. The van der Waals surface area contributed by atoms with Gasteiger partial charge in [0, 0.05) is 0 Å². The zero-order valence-electron chi connectivity index (χ0n) is 11.8. The van der Waals surface area contributed by atoms with Gasteiger partial charge in [-0.3, -0.25) is 4.79 Å². The van der Waals surface area contributed by atoms with Crippen LogP contribution in [0.15, 0.2) is 24.3 Å². The molecule has 1 unspecified atom stereocenters. The number of aromatic nitrogens is 3. The summed E-state index contributed by atoms with van der Waals surface area (Å²) in [4.78, 5) is 15.7. The van der Waals surface area contributed by atoms with Gasteiger partial charge in [-0.25, -0.2) is 4.98 Å². The van der Waals surface area contributed by atoms with Gasteiger partial charge in [-0.05, 0) is 32.8 Å². The van der Waals surface area contributed by atoms with Crippen LogP contribution in [0.4, 0.5) is 0 Å². The van der Waals surface area contributed by atoms with Crippen molar-refractivity contribution in [2.24, 2.45) is 0 Å². The molecule has 1 aromatic heterocycles. The first kappa shape index (κ1) is 14.1. The minimum absolute atomic E-state index is 0.266. The van der Waals surface area contributed by atoms with Gasteiger partial charge in [0.15, 0.2) is 5.82 Å². The Morgan fingerprint density at radius 2 is 1.95 bits per heavy atom. The standard InChI is InChI=1S/C15H17N3O2/c1-9-5-4-6-12(7-9)8-13(15(19)20)14-16-10(2)11(3)17-18-14/h4-7,13H,8H2,1-3H3,(H,19,20). The van der Waals surface area contributed by atoms with E-state index in [1.54, 1.807) is 13.8 Å². The largest absolute Gasteiger partial charge is 0.481 e. The maximum absolute atomic E-state index is 11.5. The van der Waals surface area contributed by atoms with Crippen molar-refractivity contribution in [2.45, 2.75) is 33.1 Å². The third-order valence-electron chi connectivity index (χ3n) is 3.24. The van der Waals surface area contributed by atoms with Crippen LogP contribution >= 0.6 is 0 Å². The molecule has 5 nitrogen and oxygen atoms in total. The van der Waals surface area contributed by atoms with Gasteiger partial charge in [0.1, 0.15) is 5.92 Å². The third-order valence-corrected chi connectivity index (χ3v) is 3.24. The average Bonchev–Trinajstić information content (AvgIpc) is 2.39. The van der Waals surface area contributed by atoms with Gasteiger partial charge in [-0.2, -0.15) is 5.10 Å². The van der Waals surface area contributed by atoms with Crippen LogP contribution in [0.2, 0.25) is 0 Å². The number of rotatable bonds is 4. The van der Waals surface area contributed by atoms with E-state index in [2.05, 4.69) is 15.2 Å². The molecule has 1 aromatic carbocycles. The lowest BCUT2D eigenvalue weighted by Gasteiger charge is -2.12. The van der Waals surface area contributed by atoms with Crippen LogP contribution in [0.25, 0.3) is 0 Å². The van der Waals surface area contributed by atoms with Crippen molar-refractivity contribution in [1.29, 1.82) is 0 Å². The SMILES string of the molecule is Cc1cccc(CC(C(=O)O)c2nnc(C)c(C)n2)c1. The summed E-state index contributed by atoms with van der Waals surface area (Å²) in [5, 5.41) is 17.3. The van der Waals surface area contributed by atoms with Gasteiger partial charge >= 0.3 is 5.97 Å². The van der Waals surface area contributed by atoms with E-state index in [4.69, 9.17) is 0 Å². The molecule has 0 spiro atoms. The molecule has 0 radical (unpaired) electrons. The van der Waals surface area contributed by atoms with Crippen molar-refractivity contribution < 1.29 is 9.90 Å². The van der Waals surface area contributed by atoms with Crippen molar-refractivity contribution in [3.8, 4) is 0 Å². The van der Waals surface area contributed by atoms with E-state index in [9.17, 15) is 9.90 Å². The highest BCUT2D eigenvalue weighted by molar-refractivity contribution is 5.75. The van der Waals surface area contributed by atoms with Crippen molar-refractivity contribution in [1.82, 2.24) is 15.2 Å². The molecule has 0 fully saturated rings. The second-order valence-electron chi connectivity index (χ2n) is 4.92. The van der Waals surface area contributed by atoms with Gasteiger partial charge < -0.3 is 5.11 Å². The number of aliphatic carboxylic acids is 1. The molecule has 5 heteroatoms.